The molecule has 3 N–H and O–H groups in total. The average molecular weight is 464 g/mol. The predicted molar refractivity (Wildman–Crippen MR) is 129 cm³/mol. The highest BCUT2D eigenvalue weighted by atomic mass is 16.6. The first-order chi connectivity index (χ1) is 16.0. The van der Waals surface area contributed by atoms with Crippen molar-refractivity contribution in [1.29, 1.82) is 0 Å². The summed E-state index contributed by atoms with van der Waals surface area (Å²) in [5.41, 5.74) is 4.44. The van der Waals surface area contributed by atoms with Crippen LogP contribution in [0.1, 0.15) is 48.1 Å². The van der Waals surface area contributed by atoms with Gasteiger partial charge in [0.05, 0.1) is 22.4 Å². The zero-order chi connectivity index (χ0) is 24.9. The van der Waals surface area contributed by atoms with E-state index in [4.69, 9.17) is 4.74 Å². The molecule has 0 saturated carbocycles. The van der Waals surface area contributed by atoms with Crippen molar-refractivity contribution in [3.05, 3.63) is 65.0 Å². The number of benzene rings is 2. The summed E-state index contributed by atoms with van der Waals surface area (Å²) in [6.07, 6.45) is -0.655. The van der Waals surface area contributed by atoms with Gasteiger partial charge < -0.3 is 20.7 Å². The number of nitrogens with zero attached hydrogens (tertiary/aromatic N) is 2. The monoisotopic (exact) mass is 463 g/mol. The standard InChI is InChI=1S/C25H29N5O4/c1-15-16(2)29-21-12-18(8-11-20(21)28-15)23(32)26-13-17-6-9-19(10-7-17)30-22(31)14-27-24(33)34-25(3,4)5/h6-12H,13-14H2,1-5H3,(H,26,32)(H,27,33)(H,30,31). The molecule has 0 aliphatic heterocycles. The van der Waals surface area contributed by atoms with E-state index in [2.05, 4.69) is 25.9 Å². The minimum atomic E-state index is -0.655. The maximum Gasteiger partial charge on any atom is 0.408 e. The average Bonchev–Trinajstić information content (AvgIpc) is 2.76. The van der Waals surface area contributed by atoms with Gasteiger partial charge in [0.25, 0.3) is 5.91 Å². The summed E-state index contributed by atoms with van der Waals surface area (Å²) >= 11 is 0. The summed E-state index contributed by atoms with van der Waals surface area (Å²) in [5, 5.41) is 7.98. The number of fused-ring (bicyclic) bond motifs is 1. The molecular formula is C25H29N5O4. The lowest BCUT2D eigenvalue weighted by atomic mass is 10.1. The van der Waals surface area contributed by atoms with E-state index in [1.807, 2.05) is 13.8 Å². The number of alkyl carbamates (subject to hydrolysis) is 1. The van der Waals surface area contributed by atoms with E-state index in [0.29, 0.717) is 23.3 Å². The van der Waals surface area contributed by atoms with Crippen LogP contribution in [0.2, 0.25) is 0 Å². The van der Waals surface area contributed by atoms with Crippen molar-refractivity contribution < 1.29 is 19.1 Å². The molecular weight excluding hydrogens is 434 g/mol. The Labute approximate surface area is 198 Å². The van der Waals surface area contributed by atoms with Crippen LogP contribution in [0.4, 0.5) is 10.5 Å². The second-order valence-electron chi connectivity index (χ2n) is 8.88. The van der Waals surface area contributed by atoms with E-state index in [-0.39, 0.29) is 18.4 Å². The van der Waals surface area contributed by atoms with Crippen molar-refractivity contribution in [1.82, 2.24) is 20.6 Å². The Kier molecular flexibility index (Phi) is 7.45. The van der Waals surface area contributed by atoms with E-state index in [9.17, 15) is 14.4 Å². The number of aromatic nitrogens is 2. The molecule has 178 valence electrons. The zero-order valence-electron chi connectivity index (χ0n) is 20.0. The van der Waals surface area contributed by atoms with Crippen molar-refractivity contribution in [2.45, 2.75) is 46.8 Å². The molecule has 0 unspecified atom stereocenters. The molecule has 0 spiro atoms. The van der Waals surface area contributed by atoms with Crippen molar-refractivity contribution in [3.8, 4) is 0 Å². The Morgan fingerprint density at radius 3 is 2.18 bits per heavy atom. The largest absolute Gasteiger partial charge is 0.444 e. The molecule has 34 heavy (non-hydrogen) atoms. The van der Waals surface area contributed by atoms with Gasteiger partial charge in [-0.05, 0) is 70.5 Å². The number of carbonyl (C=O) groups is 3. The van der Waals surface area contributed by atoms with Crippen molar-refractivity contribution in [3.63, 3.8) is 0 Å². The highest BCUT2D eigenvalue weighted by Crippen LogP contribution is 2.15. The number of amides is 3. The summed E-state index contributed by atoms with van der Waals surface area (Å²) in [4.78, 5) is 45.2. The van der Waals surface area contributed by atoms with Crippen LogP contribution >= 0.6 is 0 Å². The Hall–Kier alpha value is -4.01. The number of nitrogens with one attached hydrogen (secondary N) is 3. The minimum Gasteiger partial charge on any atom is -0.444 e. The van der Waals surface area contributed by atoms with E-state index in [0.717, 1.165) is 22.5 Å². The highest BCUT2D eigenvalue weighted by Gasteiger charge is 2.16. The van der Waals surface area contributed by atoms with Crippen LogP contribution in [0.5, 0.6) is 0 Å². The third-order valence-corrected chi connectivity index (χ3v) is 4.82. The molecule has 9 nitrogen and oxygen atoms in total. The highest BCUT2D eigenvalue weighted by molar-refractivity contribution is 5.97. The number of carbonyl (C=O) groups excluding carboxylic acids is 3. The van der Waals surface area contributed by atoms with Gasteiger partial charge >= 0.3 is 6.09 Å². The second kappa shape index (κ2) is 10.3. The summed E-state index contributed by atoms with van der Waals surface area (Å²) in [6, 6.07) is 12.3. The Bertz CT molecular complexity index is 1220. The Morgan fingerprint density at radius 2 is 1.53 bits per heavy atom. The van der Waals surface area contributed by atoms with Crippen molar-refractivity contribution in [2.75, 3.05) is 11.9 Å². The molecule has 0 aliphatic rings. The molecule has 0 atom stereocenters. The molecule has 0 saturated heterocycles. The number of aryl methyl sites for hydroxylation is 2. The molecule has 0 radical (unpaired) electrons. The molecule has 3 amide bonds. The fraction of sp³-hybridized carbons (Fsp3) is 0.320. The molecule has 1 aromatic heterocycles. The third-order valence-electron chi connectivity index (χ3n) is 4.82. The number of ether oxygens (including phenoxy) is 1. The van der Waals surface area contributed by atoms with Crippen LogP contribution in [0, 0.1) is 13.8 Å². The molecule has 3 rings (SSSR count). The molecule has 0 aliphatic carbocycles. The van der Waals surface area contributed by atoms with Gasteiger partial charge in [0, 0.05) is 17.8 Å². The first-order valence-corrected chi connectivity index (χ1v) is 10.9. The number of rotatable bonds is 6. The van der Waals surface area contributed by atoms with Crippen LogP contribution in [0.15, 0.2) is 42.5 Å². The molecule has 1 heterocycles. The van der Waals surface area contributed by atoms with Gasteiger partial charge in [-0.3, -0.25) is 9.59 Å². The van der Waals surface area contributed by atoms with Crippen LogP contribution in [0.25, 0.3) is 11.0 Å². The van der Waals surface area contributed by atoms with Crippen molar-refractivity contribution in [2.24, 2.45) is 0 Å². The van der Waals surface area contributed by atoms with Gasteiger partial charge in [0.15, 0.2) is 0 Å². The number of anilines is 1. The van der Waals surface area contributed by atoms with E-state index in [1.165, 1.54) is 0 Å². The second-order valence-corrected chi connectivity index (χ2v) is 8.88. The minimum absolute atomic E-state index is 0.206. The number of hydrogen-bond acceptors (Lipinski definition) is 6. The predicted octanol–water partition coefficient (Wildman–Crippen LogP) is 3.64. The summed E-state index contributed by atoms with van der Waals surface area (Å²) in [5.74, 6) is -0.593. The topological polar surface area (TPSA) is 122 Å². The zero-order valence-corrected chi connectivity index (χ0v) is 20.0. The van der Waals surface area contributed by atoms with E-state index >= 15 is 0 Å². The third kappa shape index (κ3) is 6.99. The van der Waals surface area contributed by atoms with Gasteiger partial charge in [0.1, 0.15) is 12.1 Å². The lowest BCUT2D eigenvalue weighted by Gasteiger charge is -2.19. The van der Waals surface area contributed by atoms with Crippen LogP contribution in [-0.4, -0.2) is 40.0 Å². The Balaban J connectivity index is 1.50. The molecule has 3 aromatic rings. The molecule has 2 aromatic carbocycles. The first kappa shape index (κ1) is 24.6. The smallest absolute Gasteiger partial charge is 0.408 e. The lowest BCUT2D eigenvalue weighted by molar-refractivity contribution is -0.115. The Morgan fingerprint density at radius 1 is 0.882 bits per heavy atom. The van der Waals surface area contributed by atoms with Gasteiger partial charge in [-0.2, -0.15) is 0 Å². The van der Waals surface area contributed by atoms with Crippen LogP contribution in [-0.2, 0) is 16.1 Å². The number of hydrogen-bond donors (Lipinski definition) is 3. The fourth-order valence-corrected chi connectivity index (χ4v) is 3.03. The van der Waals surface area contributed by atoms with E-state index in [1.54, 1.807) is 63.2 Å². The van der Waals surface area contributed by atoms with Gasteiger partial charge in [0.2, 0.25) is 5.91 Å². The maximum atomic E-state index is 12.6. The quantitative estimate of drug-likeness (QED) is 0.513. The van der Waals surface area contributed by atoms with Crippen LogP contribution in [0.3, 0.4) is 0 Å². The van der Waals surface area contributed by atoms with Crippen LogP contribution < -0.4 is 16.0 Å². The molecule has 0 bridgehead atoms. The summed E-state index contributed by atoms with van der Waals surface area (Å²) in [7, 11) is 0. The maximum absolute atomic E-state index is 12.6. The SMILES string of the molecule is Cc1nc2ccc(C(=O)NCc3ccc(NC(=O)CNC(=O)OC(C)(C)C)cc3)cc2nc1C. The summed E-state index contributed by atoms with van der Waals surface area (Å²) in [6.45, 7) is 9.14. The normalized spacial score (nSPS) is 11.1. The van der Waals surface area contributed by atoms with Gasteiger partial charge in [-0.25, -0.2) is 14.8 Å². The molecule has 0 fully saturated rings. The van der Waals surface area contributed by atoms with Gasteiger partial charge in [-0.15, -0.1) is 0 Å². The lowest BCUT2D eigenvalue weighted by Crippen LogP contribution is -2.37. The summed E-state index contributed by atoms with van der Waals surface area (Å²) < 4.78 is 5.09. The van der Waals surface area contributed by atoms with Gasteiger partial charge in [-0.1, -0.05) is 12.1 Å². The first-order valence-electron chi connectivity index (χ1n) is 10.9. The van der Waals surface area contributed by atoms with Crippen molar-refractivity contribution >= 4 is 34.6 Å². The molecule has 9 heteroatoms. The fourth-order valence-electron chi connectivity index (χ4n) is 3.03. The van der Waals surface area contributed by atoms with E-state index < -0.39 is 11.7 Å².